The predicted octanol–water partition coefficient (Wildman–Crippen LogP) is 2.77. The molecule has 0 radical (unpaired) electrons. The molecule has 0 saturated carbocycles. The number of hydrogen-bond acceptors (Lipinski definition) is 3. The minimum atomic E-state index is 0.362. The zero-order valence-corrected chi connectivity index (χ0v) is 13.1. The van der Waals surface area contributed by atoms with Crippen molar-refractivity contribution in [3.05, 3.63) is 22.4 Å². The van der Waals surface area contributed by atoms with Gasteiger partial charge in [0.25, 0.3) is 0 Å². The third kappa shape index (κ3) is 2.91. The van der Waals surface area contributed by atoms with Crippen molar-refractivity contribution < 1.29 is 4.79 Å². The van der Waals surface area contributed by atoms with Crippen LogP contribution < -0.4 is 0 Å². The molecule has 1 aromatic rings. The van der Waals surface area contributed by atoms with Gasteiger partial charge in [-0.05, 0) is 57.1 Å². The summed E-state index contributed by atoms with van der Waals surface area (Å²) in [5.74, 6) is 0.362. The number of amides is 1. The highest BCUT2D eigenvalue weighted by Gasteiger charge is 2.37. The van der Waals surface area contributed by atoms with Crippen LogP contribution in [0.25, 0.3) is 0 Å². The quantitative estimate of drug-likeness (QED) is 0.852. The lowest BCUT2D eigenvalue weighted by molar-refractivity contribution is -0.132. The first-order valence-corrected chi connectivity index (χ1v) is 8.66. The van der Waals surface area contributed by atoms with Crippen LogP contribution in [0.15, 0.2) is 17.5 Å². The van der Waals surface area contributed by atoms with Crippen LogP contribution in [0.5, 0.6) is 0 Å². The molecule has 0 bridgehead atoms. The fourth-order valence-corrected chi connectivity index (χ4v) is 4.46. The van der Waals surface area contributed by atoms with E-state index < -0.39 is 0 Å². The molecule has 4 heteroatoms. The van der Waals surface area contributed by atoms with E-state index in [4.69, 9.17) is 0 Å². The summed E-state index contributed by atoms with van der Waals surface area (Å²) in [6, 6.07) is 5.27. The van der Waals surface area contributed by atoms with Crippen LogP contribution in [-0.2, 0) is 11.2 Å². The molecule has 0 aliphatic carbocycles. The largest absolute Gasteiger partial charge is 0.338 e. The van der Waals surface area contributed by atoms with Gasteiger partial charge in [0.15, 0.2) is 0 Å². The zero-order valence-electron chi connectivity index (χ0n) is 12.3. The average Bonchev–Trinajstić information content (AvgIpc) is 3.16. The van der Waals surface area contributed by atoms with Crippen LogP contribution >= 0.6 is 11.3 Å². The summed E-state index contributed by atoms with van der Waals surface area (Å²) in [6.07, 6.45) is 6.50. The van der Waals surface area contributed by atoms with Crippen LogP contribution in [0.4, 0.5) is 0 Å². The number of nitrogens with zero attached hydrogens (tertiary/aromatic N) is 2. The van der Waals surface area contributed by atoms with E-state index in [2.05, 4.69) is 34.4 Å². The lowest BCUT2D eigenvalue weighted by atomic mass is 10.0. The maximum absolute atomic E-state index is 12.5. The van der Waals surface area contributed by atoms with Gasteiger partial charge >= 0.3 is 0 Å². The summed E-state index contributed by atoms with van der Waals surface area (Å²) >= 11 is 1.75. The Morgan fingerprint density at radius 1 is 1.30 bits per heavy atom. The number of carbonyl (C=O) groups is 1. The first kappa shape index (κ1) is 14.1. The number of aryl methyl sites for hydroxylation is 1. The van der Waals surface area contributed by atoms with Crippen molar-refractivity contribution in [1.29, 1.82) is 0 Å². The second-order valence-electron chi connectivity index (χ2n) is 6.07. The second kappa shape index (κ2) is 6.27. The van der Waals surface area contributed by atoms with E-state index in [0.29, 0.717) is 24.4 Å². The summed E-state index contributed by atoms with van der Waals surface area (Å²) in [5, 5.41) is 2.09. The van der Waals surface area contributed by atoms with Gasteiger partial charge in [-0.3, -0.25) is 4.79 Å². The van der Waals surface area contributed by atoms with Gasteiger partial charge in [-0.1, -0.05) is 6.07 Å². The Morgan fingerprint density at radius 2 is 2.10 bits per heavy atom. The molecule has 2 aliphatic rings. The number of likely N-dealkylation sites (N-methyl/N-ethyl adjacent to an activating group) is 1. The topological polar surface area (TPSA) is 23.6 Å². The van der Waals surface area contributed by atoms with Crippen molar-refractivity contribution >= 4 is 17.2 Å². The van der Waals surface area contributed by atoms with E-state index in [1.165, 1.54) is 37.1 Å². The molecular formula is C16H24N2OS. The molecular weight excluding hydrogens is 268 g/mol. The average molecular weight is 292 g/mol. The van der Waals surface area contributed by atoms with E-state index in [9.17, 15) is 4.79 Å². The SMILES string of the molecule is CN1CCC[C@H]1[C@@H]1CCCN1C(=O)CCc1cccs1. The van der Waals surface area contributed by atoms with Crippen LogP contribution in [0.1, 0.15) is 37.0 Å². The van der Waals surface area contributed by atoms with Crippen molar-refractivity contribution in [2.24, 2.45) is 0 Å². The minimum absolute atomic E-state index is 0.362. The number of carbonyl (C=O) groups excluding carboxylic acids is 1. The van der Waals surface area contributed by atoms with Gasteiger partial charge in [-0.15, -0.1) is 11.3 Å². The summed E-state index contributed by atoms with van der Waals surface area (Å²) < 4.78 is 0. The van der Waals surface area contributed by atoms with E-state index in [1.807, 2.05) is 0 Å². The summed E-state index contributed by atoms with van der Waals surface area (Å²) in [6.45, 7) is 2.16. The fraction of sp³-hybridized carbons (Fsp3) is 0.688. The normalized spacial score (nSPS) is 27.4. The standard InChI is InChI=1S/C16H24N2OS/c1-17-10-2-6-14(17)15-7-3-11-18(15)16(19)9-8-13-5-4-12-20-13/h4-5,12,14-15H,2-3,6-11H2,1H3/t14-,15-/m0/s1. The van der Waals surface area contributed by atoms with Crippen LogP contribution in [0, 0.1) is 0 Å². The van der Waals surface area contributed by atoms with Crippen molar-refractivity contribution in [2.75, 3.05) is 20.1 Å². The van der Waals surface area contributed by atoms with E-state index in [1.54, 1.807) is 11.3 Å². The van der Waals surface area contributed by atoms with Gasteiger partial charge in [-0.2, -0.15) is 0 Å². The van der Waals surface area contributed by atoms with Crippen LogP contribution in [-0.4, -0.2) is 47.9 Å². The Bertz CT molecular complexity index is 445. The van der Waals surface area contributed by atoms with Gasteiger partial charge in [-0.25, -0.2) is 0 Å². The molecule has 0 aromatic carbocycles. The fourth-order valence-electron chi connectivity index (χ4n) is 3.75. The molecule has 3 nitrogen and oxygen atoms in total. The molecule has 3 rings (SSSR count). The van der Waals surface area contributed by atoms with Crippen LogP contribution in [0.2, 0.25) is 0 Å². The zero-order chi connectivity index (χ0) is 13.9. The van der Waals surface area contributed by atoms with Crippen LogP contribution in [0.3, 0.4) is 0 Å². The van der Waals surface area contributed by atoms with Gasteiger partial charge in [0.1, 0.15) is 0 Å². The first-order valence-electron chi connectivity index (χ1n) is 7.78. The van der Waals surface area contributed by atoms with Gasteiger partial charge in [0.05, 0.1) is 0 Å². The Kier molecular flexibility index (Phi) is 4.41. The molecule has 2 fully saturated rings. The Hall–Kier alpha value is -0.870. The molecule has 2 saturated heterocycles. The molecule has 3 heterocycles. The number of thiophene rings is 1. The van der Waals surface area contributed by atoms with E-state index >= 15 is 0 Å². The molecule has 2 atom stereocenters. The number of rotatable bonds is 4. The maximum Gasteiger partial charge on any atom is 0.223 e. The lowest BCUT2D eigenvalue weighted by Crippen LogP contribution is -2.47. The number of hydrogen-bond donors (Lipinski definition) is 0. The van der Waals surface area contributed by atoms with Crippen molar-refractivity contribution in [1.82, 2.24) is 9.80 Å². The molecule has 0 spiro atoms. The Morgan fingerprint density at radius 3 is 2.80 bits per heavy atom. The third-order valence-corrected chi connectivity index (χ3v) is 5.74. The summed E-state index contributed by atoms with van der Waals surface area (Å²) in [4.78, 5) is 18.5. The van der Waals surface area contributed by atoms with E-state index in [0.717, 1.165) is 13.0 Å². The molecule has 1 amide bonds. The van der Waals surface area contributed by atoms with Crippen molar-refractivity contribution in [3.8, 4) is 0 Å². The molecule has 110 valence electrons. The monoisotopic (exact) mass is 292 g/mol. The van der Waals surface area contributed by atoms with Gasteiger partial charge in [0.2, 0.25) is 5.91 Å². The molecule has 0 unspecified atom stereocenters. The van der Waals surface area contributed by atoms with Crippen molar-refractivity contribution in [3.63, 3.8) is 0 Å². The maximum atomic E-state index is 12.5. The van der Waals surface area contributed by atoms with Gasteiger partial charge < -0.3 is 9.80 Å². The Balaban J connectivity index is 1.58. The third-order valence-electron chi connectivity index (χ3n) is 4.81. The predicted molar refractivity (Wildman–Crippen MR) is 83.0 cm³/mol. The number of likely N-dealkylation sites (tertiary alicyclic amines) is 2. The summed E-state index contributed by atoms with van der Waals surface area (Å²) in [7, 11) is 2.21. The molecule has 1 aromatic heterocycles. The molecule has 20 heavy (non-hydrogen) atoms. The highest BCUT2D eigenvalue weighted by Crippen LogP contribution is 2.29. The van der Waals surface area contributed by atoms with Crippen molar-refractivity contribution in [2.45, 2.75) is 50.6 Å². The lowest BCUT2D eigenvalue weighted by Gasteiger charge is -2.33. The first-order chi connectivity index (χ1) is 9.75. The Labute approximate surface area is 125 Å². The highest BCUT2D eigenvalue weighted by atomic mass is 32.1. The minimum Gasteiger partial charge on any atom is -0.338 e. The molecule has 2 aliphatic heterocycles. The molecule has 0 N–H and O–H groups in total. The smallest absolute Gasteiger partial charge is 0.223 e. The van der Waals surface area contributed by atoms with E-state index in [-0.39, 0.29) is 0 Å². The van der Waals surface area contributed by atoms with Gasteiger partial charge in [0, 0.05) is 29.9 Å². The second-order valence-corrected chi connectivity index (χ2v) is 7.10. The highest BCUT2D eigenvalue weighted by molar-refractivity contribution is 7.09. The summed E-state index contributed by atoms with van der Waals surface area (Å²) in [5.41, 5.74) is 0.